The Balaban J connectivity index is 1.45. The van der Waals surface area contributed by atoms with Gasteiger partial charge in [-0.2, -0.15) is 0 Å². The topological polar surface area (TPSA) is 123 Å². The molecule has 0 N–H and O–H groups in total. The zero-order valence-electron chi connectivity index (χ0n) is 15.9. The first-order valence-corrected chi connectivity index (χ1v) is 9.14. The molecule has 0 spiro atoms. The lowest BCUT2D eigenvalue weighted by atomic mass is 10.1. The summed E-state index contributed by atoms with van der Waals surface area (Å²) in [5, 5.41) is 11.0. The van der Waals surface area contributed by atoms with E-state index in [9.17, 15) is 24.5 Å². The normalized spacial score (nSPS) is 14.0. The summed E-state index contributed by atoms with van der Waals surface area (Å²) in [6, 6.07) is 9.16. The lowest BCUT2D eigenvalue weighted by Gasteiger charge is -2.34. The fourth-order valence-electron chi connectivity index (χ4n) is 2.94. The van der Waals surface area contributed by atoms with E-state index in [0.29, 0.717) is 26.2 Å². The standard InChI is InChI=1S/C20H19N3O7/c24-18(21-9-11-22(12-10-21)20(26)17-6-3-13-29-17)14-30-19(25)8-7-15-4-1-2-5-16(15)23(27)28/h1-8,13H,9-12,14H2/b8-7+. The van der Waals surface area contributed by atoms with Gasteiger partial charge in [0, 0.05) is 38.3 Å². The van der Waals surface area contributed by atoms with Gasteiger partial charge in [0.2, 0.25) is 0 Å². The zero-order chi connectivity index (χ0) is 21.5. The number of hydrogen-bond acceptors (Lipinski definition) is 7. The van der Waals surface area contributed by atoms with E-state index in [1.54, 1.807) is 23.1 Å². The summed E-state index contributed by atoms with van der Waals surface area (Å²) in [4.78, 5) is 49.8. The van der Waals surface area contributed by atoms with Gasteiger partial charge in [0.05, 0.1) is 16.7 Å². The van der Waals surface area contributed by atoms with Crippen molar-refractivity contribution >= 4 is 29.5 Å². The summed E-state index contributed by atoms with van der Waals surface area (Å²) in [5.74, 6) is -1.16. The lowest BCUT2D eigenvalue weighted by molar-refractivity contribution is -0.385. The lowest BCUT2D eigenvalue weighted by Crippen LogP contribution is -2.51. The van der Waals surface area contributed by atoms with Gasteiger partial charge in [0.15, 0.2) is 12.4 Å². The van der Waals surface area contributed by atoms with E-state index < -0.39 is 17.5 Å². The smallest absolute Gasteiger partial charge is 0.331 e. The molecule has 0 aliphatic carbocycles. The molecule has 30 heavy (non-hydrogen) atoms. The highest BCUT2D eigenvalue weighted by Crippen LogP contribution is 2.19. The molecule has 0 radical (unpaired) electrons. The van der Waals surface area contributed by atoms with E-state index in [1.165, 1.54) is 35.4 Å². The van der Waals surface area contributed by atoms with Crippen LogP contribution in [-0.4, -0.2) is 65.3 Å². The number of carbonyl (C=O) groups is 3. The highest BCUT2D eigenvalue weighted by atomic mass is 16.6. The average Bonchev–Trinajstić information content (AvgIpc) is 3.30. The van der Waals surface area contributed by atoms with Crippen molar-refractivity contribution in [3.05, 3.63) is 70.2 Å². The summed E-state index contributed by atoms with van der Waals surface area (Å²) in [7, 11) is 0. The molecule has 2 amide bonds. The van der Waals surface area contributed by atoms with Crippen LogP contribution in [0.4, 0.5) is 5.69 Å². The highest BCUT2D eigenvalue weighted by molar-refractivity contribution is 5.92. The number of amides is 2. The molecular weight excluding hydrogens is 394 g/mol. The van der Waals surface area contributed by atoms with E-state index >= 15 is 0 Å². The third kappa shape index (κ3) is 5.10. The maximum atomic E-state index is 12.2. The third-order valence-corrected chi connectivity index (χ3v) is 4.52. The molecule has 1 saturated heterocycles. The highest BCUT2D eigenvalue weighted by Gasteiger charge is 2.26. The summed E-state index contributed by atoms with van der Waals surface area (Å²) < 4.78 is 10.0. The zero-order valence-corrected chi connectivity index (χ0v) is 15.9. The molecule has 1 aliphatic heterocycles. The Bertz CT molecular complexity index is 961. The van der Waals surface area contributed by atoms with E-state index in [2.05, 4.69) is 0 Å². The second-order valence-corrected chi connectivity index (χ2v) is 6.41. The van der Waals surface area contributed by atoms with Crippen molar-refractivity contribution in [1.29, 1.82) is 0 Å². The summed E-state index contributed by atoms with van der Waals surface area (Å²) in [5.41, 5.74) is 0.114. The van der Waals surface area contributed by atoms with Crippen LogP contribution in [-0.2, 0) is 14.3 Å². The molecule has 10 nitrogen and oxygen atoms in total. The van der Waals surface area contributed by atoms with E-state index in [4.69, 9.17) is 9.15 Å². The second-order valence-electron chi connectivity index (χ2n) is 6.41. The number of rotatable bonds is 6. The summed E-state index contributed by atoms with van der Waals surface area (Å²) >= 11 is 0. The number of nitrogens with zero attached hydrogens (tertiary/aromatic N) is 3. The number of benzene rings is 1. The van der Waals surface area contributed by atoms with Crippen molar-refractivity contribution < 1.29 is 28.5 Å². The number of para-hydroxylation sites is 1. The van der Waals surface area contributed by atoms with Crippen LogP contribution >= 0.6 is 0 Å². The maximum Gasteiger partial charge on any atom is 0.331 e. The van der Waals surface area contributed by atoms with Gasteiger partial charge >= 0.3 is 5.97 Å². The minimum atomic E-state index is -0.784. The molecule has 3 rings (SSSR count). The Morgan fingerprint density at radius 2 is 1.77 bits per heavy atom. The first-order valence-electron chi connectivity index (χ1n) is 9.14. The molecule has 1 aromatic heterocycles. The van der Waals surface area contributed by atoms with Gasteiger partial charge in [-0.1, -0.05) is 12.1 Å². The Labute approximate surface area is 171 Å². The van der Waals surface area contributed by atoms with Gasteiger partial charge in [-0.25, -0.2) is 4.79 Å². The molecule has 1 aliphatic rings. The number of esters is 1. The molecular formula is C20H19N3O7. The third-order valence-electron chi connectivity index (χ3n) is 4.52. The van der Waals surface area contributed by atoms with Crippen LogP contribution in [0.25, 0.3) is 6.08 Å². The van der Waals surface area contributed by atoms with E-state index in [0.717, 1.165) is 6.08 Å². The van der Waals surface area contributed by atoms with Crippen LogP contribution in [0.2, 0.25) is 0 Å². The van der Waals surface area contributed by atoms with Crippen molar-refractivity contribution in [1.82, 2.24) is 9.80 Å². The van der Waals surface area contributed by atoms with Gasteiger partial charge in [-0.05, 0) is 24.3 Å². The molecule has 0 saturated carbocycles. The Morgan fingerprint density at radius 3 is 2.43 bits per heavy atom. The largest absolute Gasteiger partial charge is 0.459 e. The fourth-order valence-corrected chi connectivity index (χ4v) is 2.94. The van der Waals surface area contributed by atoms with Crippen molar-refractivity contribution in [3.8, 4) is 0 Å². The number of ether oxygens (including phenoxy) is 1. The van der Waals surface area contributed by atoms with Crippen molar-refractivity contribution in [2.45, 2.75) is 0 Å². The van der Waals surface area contributed by atoms with Crippen molar-refractivity contribution in [3.63, 3.8) is 0 Å². The predicted molar refractivity (Wildman–Crippen MR) is 104 cm³/mol. The average molecular weight is 413 g/mol. The van der Waals surface area contributed by atoms with Crippen LogP contribution in [0, 0.1) is 10.1 Å². The summed E-state index contributed by atoms with van der Waals surface area (Å²) in [6.07, 6.45) is 3.73. The molecule has 0 atom stereocenters. The molecule has 156 valence electrons. The van der Waals surface area contributed by atoms with Crippen LogP contribution in [0.3, 0.4) is 0 Å². The molecule has 0 unspecified atom stereocenters. The van der Waals surface area contributed by atoms with Gasteiger partial charge in [-0.3, -0.25) is 19.7 Å². The van der Waals surface area contributed by atoms with Crippen LogP contribution in [0.5, 0.6) is 0 Å². The minimum Gasteiger partial charge on any atom is -0.459 e. The fraction of sp³-hybridized carbons (Fsp3) is 0.250. The number of furan rings is 1. The second kappa shape index (κ2) is 9.50. The van der Waals surface area contributed by atoms with E-state index in [1.807, 2.05) is 0 Å². The van der Waals surface area contributed by atoms with Crippen LogP contribution < -0.4 is 0 Å². The Morgan fingerprint density at radius 1 is 1.07 bits per heavy atom. The first-order chi connectivity index (χ1) is 14.5. The van der Waals surface area contributed by atoms with Crippen LogP contribution in [0.15, 0.2) is 53.2 Å². The van der Waals surface area contributed by atoms with Gasteiger partial charge in [-0.15, -0.1) is 0 Å². The number of nitro benzene ring substituents is 1. The Hall–Kier alpha value is -3.95. The van der Waals surface area contributed by atoms with Crippen LogP contribution in [0.1, 0.15) is 16.1 Å². The van der Waals surface area contributed by atoms with E-state index in [-0.39, 0.29) is 28.8 Å². The number of nitro groups is 1. The Kier molecular flexibility index (Phi) is 6.58. The van der Waals surface area contributed by atoms with Crippen molar-refractivity contribution in [2.24, 2.45) is 0 Å². The monoisotopic (exact) mass is 413 g/mol. The minimum absolute atomic E-state index is 0.139. The number of carbonyl (C=O) groups excluding carboxylic acids is 3. The number of hydrogen-bond donors (Lipinski definition) is 0. The number of piperazine rings is 1. The van der Waals surface area contributed by atoms with Gasteiger partial charge in [0.1, 0.15) is 0 Å². The van der Waals surface area contributed by atoms with Gasteiger partial charge < -0.3 is 19.0 Å². The maximum absolute atomic E-state index is 12.2. The first kappa shape index (κ1) is 20.8. The van der Waals surface area contributed by atoms with Gasteiger partial charge in [0.25, 0.3) is 17.5 Å². The molecule has 1 fully saturated rings. The predicted octanol–water partition coefficient (Wildman–Crippen LogP) is 1.73. The molecule has 2 heterocycles. The summed E-state index contributed by atoms with van der Waals surface area (Å²) in [6.45, 7) is 0.865. The van der Waals surface area contributed by atoms with Crippen molar-refractivity contribution in [2.75, 3.05) is 32.8 Å². The molecule has 2 aromatic rings. The molecule has 10 heteroatoms. The quantitative estimate of drug-likeness (QED) is 0.306. The molecule has 1 aromatic carbocycles. The molecule has 0 bridgehead atoms. The SMILES string of the molecule is O=C(/C=C/c1ccccc1[N+](=O)[O-])OCC(=O)N1CCN(C(=O)c2ccco2)CC1.